The van der Waals surface area contributed by atoms with E-state index in [1.165, 1.54) is 7.11 Å². The third-order valence-electron chi connectivity index (χ3n) is 2.16. The molecule has 0 aliphatic rings. The lowest BCUT2D eigenvalue weighted by Crippen LogP contribution is -2.44. The van der Waals surface area contributed by atoms with E-state index in [0.29, 0.717) is 10.8 Å². The van der Waals surface area contributed by atoms with Gasteiger partial charge in [-0.2, -0.15) is 0 Å². The Balaban J connectivity index is 2.42. The molecule has 5 nitrogen and oxygen atoms in total. The Bertz CT molecular complexity index is 436. The number of benzene rings is 1. The van der Waals surface area contributed by atoms with Gasteiger partial charge in [-0.3, -0.25) is 4.79 Å². The number of halogens is 2. The third kappa shape index (κ3) is 5.36. The molecule has 0 saturated heterocycles. The van der Waals surface area contributed by atoms with Crippen molar-refractivity contribution in [3.63, 3.8) is 0 Å². The molecule has 0 aromatic heterocycles. The molecule has 0 unspecified atom stereocenters. The molecule has 19 heavy (non-hydrogen) atoms. The number of carbonyl (C=O) groups is 2. The standard InChI is InChI=1S/C12H13Cl2NO4/c1-18-12(17)10(6-13)15-11(16)7-19-9-4-2-8(14)3-5-9/h2-5,10H,6-7H2,1H3,(H,15,16)/t10-/m0/s1. The molecule has 0 radical (unpaired) electrons. The van der Waals surface area contributed by atoms with E-state index in [2.05, 4.69) is 10.1 Å². The van der Waals surface area contributed by atoms with E-state index < -0.39 is 17.9 Å². The van der Waals surface area contributed by atoms with Crippen LogP contribution in [0.5, 0.6) is 5.75 Å². The van der Waals surface area contributed by atoms with Gasteiger partial charge in [-0.05, 0) is 24.3 Å². The van der Waals surface area contributed by atoms with E-state index in [1.54, 1.807) is 24.3 Å². The number of hydrogen-bond donors (Lipinski definition) is 1. The number of esters is 1. The average molecular weight is 306 g/mol. The quantitative estimate of drug-likeness (QED) is 0.641. The zero-order chi connectivity index (χ0) is 14.3. The van der Waals surface area contributed by atoms with Crippen molar-refractivity contribution in [3.05, 3.63) is 29.3 Å². The highest BCUT2D eigenvalue weighted by molar-refractivity contribution is 6.30. The Morgan fingerprint density at radius 3 is 2.47 bits per heavy atom. The molecule has 104 valence electrons. The number of alkyl halides is 1. The molecule has 7 heteroatoms. The van der Waals surface area contributed by atoms with Crippen LogP contribution < -0.4 is 10.1 Å². The Morgan fingerprint density at radius 1 is 1.32 bits per heavy atom. The fourth-order valence-corrected chi connectivity index (χ4v) is 1.55. The number of amides is 1. The van der Waals surface area contributed by atoms with Gasteiger partial charge in [-0.15, -0.1) is 11.6 Å². The number of nitrogens with one attached hydrogen (secondary N) is 1. The number of carbonyl (C=O) groups excluding carboxylic acids is 2. The minimum Gasteiger partial charge on any atom is -0.484 e. The molecule has 0 saturated carbocycles. The third-order valence-corrected chi connectivity index (χ3v) is 2.72. The summed E-state index contributed by atoms with van der Waals surface area (Å²) in [5.41, 5.74) is 0. The molecule has 0 spiro atoms. The van der Waals surface area contributed by atoms with Crippen molar-refractivity contribution in [2.75, 3.05) is 19.6 Å². The van der Waals surface area contributed by atoms with Gasteiger partial charge >= 0.3 is 5.97 Å². The Kier molecular flexibility index (Phi) is 6.45. The molecule has 0 fully saturated rings. The molecule has 1 aromatic carbocycles. The molecule has 1 atom stereocenters. The first-order valence-electron chi connectivity index (χ1n) is 5.38. The van der Waals surface area contributed by atoms with Gasteiger partial charge in [0.2, 0.25) is 0 Å². The van der Waals surface area contributed by atoms with Gasteiger partial charge in [-0.1, -0.05) is 11.6 Å². The van der Waals surface area contributed by atoms with Crippen LogP contribution in [0.1, 0.15) is 0 Å². The van der Waals surface area contributed by atoms with Crippen molar-refractivity contribution >= 4 is 35.1 Å². The van der Waals surface area contributed by atoms with Crippen molar-refractivity contribution in [1.29, 1.82) is 0 Å². The van der Waals surface area contributed by atoms with Crippen LogP contribution in [0, 0.1) is 0 Å². The van der Waals surface area contributed by atoms with Crippen molar-refractivity contribution < 1.29 is 19.1 Å². The van der Waals surface area contributed by atoms with E-state index in [0.717, 1.165) is 0 Å². The molecule has 0 aliphatic heterocycles. The van der Waals surface area contributed by atoms with Crippen molar-refractivity contribution in [3.8, 4) is 5.75 Å². The maximum atomic E-state index is 11.5. The summed E-state index contributed by atoms with van der Waals surface area (Å²) in [6.45, 7) is -0.230. The number of rotatable bonds is 6. The minimum absolute atomic E-state index is 0.0701. The average Bonchev–Trinajstić information content (AvgIpc) is 2.43. The van der Waals surface area contributed by atoms with Crippen LogP contribution in [0.15, 0.2) is 24.3 Å². The highest BCUT2D eigenvalue weighted by Gasteiger charge is 2.20. The van der Waals surface area contributed by atoms with Crippen molar-refractivity contribution in [2.24, 2.45) is 0 Å². The smallest absolute Gasteiger partial charge is 0.329 e. The van der Waals surface area contributed by atoms with Crippen LogP contribution in [-0.4, -0.2) is 37.5 Å². The molecule has 0 bridgehead atoms. The lowest BCUT2D eigenvalue weighted by atomic mass is 10.3. The molecule has 1 amide bonds. The summed E-state index contributed by atoms with van der Waals surface area (Å²) in [7, 11) is 1.22. The summed E-state index contributed by atoms with van der Waals surface area (Å²) in [5, 5.41) is 2.98. The Labute approximate surface area is 120 Å². The van der Waals surface area contributed by atoms with E-state index in [-0.39, 0.29) is 12.5 Å². The number of hydrogen-bond acceptors (Lipinski definition) is 4. The van der Waals surface area contributed by atoms with Crippen LogP contribution in [0.2, 0.25) is 5.02 Å². The topological polar surface area (TPSA) is 64.6 Å². The van der Waals surface area contributed by atoms with E-state index in [4.69, 9.17) is 27.9 Å². The first kappa shape index (κ1) is 15.6. The summed E-state index contributed by atoms with van der Waals surface area (Å²) < 4.78 is 9.70. The summed E-state index contributed by atoms with van der Waals surface area (Å²) in [5.74, 6) is -0.639. The predicted octanol–water partition coefficient (Wildman–Crippen LogP) is 1.62. The summed E-state index contributed by atoms with van der Waals surface area (Å²) >= 11 is 11.3. The summed E-state index contributed by atoms with van der Waals surface area (Å²) in [6.07, 6.45) is 0. The van der Waals surface area contributed by atoms with Gasteiger partial charge in [0.05, 0.1) is 13.0 Å². The fourth-order valence-electron chi connectivity index (χ4n) is 1.22. The minimum atomic E-state index is -0.881. The van der Waals surface area contributed by atoms with Gasteiger partial charge in [0, 0.05) is 5.02 Å². The van der Waals surface area contributed by atoms with Crippen LogP contribution in [0.25, 0.3) is 0 Å². The van der Waals surface area contributed by atoms with Crippen LogP contribution in [0.4, 0.5) is 0 Å². The molecule has 1 N–H and O–H groups in total. The number of ether oxygens (including phenoxy) is 2. The second-order valence-electron chi connectivity index (χ2n) is 3.54. The lowest BCUT2D eigenvalue weighted by molar-refractivity contribution is -0.144. The highest BCUT2D eigenvalue weighted by Crippen LogP contribution is 2.15. The van der Waals surface area contributed by atoms with Gasteiger partial charge < -0.3 is 14.8 Å². The van der Waals surface area contributed by atoms with Gasteiger partial charge in [0.1, 0.15) is 11.8 Å². The maximum absolute atomic E-state index is 11.5. The molecular formula is C12H13Cl2NO4. The van der Waals surface area contributed by atoms with Crippen molar-refractivity contribution in [2.45, 2.75) is 6.04 Å². The summed E-state index contributed by atoms with van der Waals surface area (Å²) in [6, 6.07) is 5.67. The molecule has 0 heterocycles. The molecule has 0 aliphatic carbocycles. The normalized spacial score (nSPS) is 11.5. The zero-order valence-corrected chi connectivity index (χ0v) is 11.7. The van der Waals surface area contributed by atoms with E-state index in [1.807, 2.05) is 0 Å². The largest absolute Gasteiger partial charge is 0.484 e. The van der Waals surface area contributed by atoms with Crippen LogP contribution in [-0.2, 0) is 14.3 Å². The molecule has 1 rings (SSSR count). The van der Waals surface area contributed by atoms with E-state index in [9.17, 15) is 9.59 Å². The van der Waals surface area contributed by atoms with Gasteiger partial charge in [-0.25, -0.2) is 4.79 Å². The Hall–Kier alpha value is -1.46. The Morgan fingerprint density at radius 2 is 1.95 bits per heavy atom. The second-order valence-corrected chi connectivity index (χ2v) is 4.29. The summed E-state index contributed by atoms with van der Waals surface area (Å²) in [4.78, 5) is 22.8. The van der Waals surface area contributed by atoms with Gasteiger partial charge in [0.15, 0.2) is 6.61 Å². The predicted molar refractivity (Wildman–Crippen MR) is 71.6 cm³/mol. The second kappa shape index (κ2) is 7.86. The molecule has 1 aromatic rings. The lowest BCUT2D eigenvalue weighted by Gasteiger charge is -2.13. The van der Waals surface area contributed by atoms with Crippen LogP contribution in [0.3, 0.4) is 0 Å². The first-order chi connectivity index (χ1) is 9.06. The van der Waals surface area contributed by atoms with Gasteiger partial charge in [0.25, 0.3) is 5.91 Å². The fraction of sp³-hybridized carbons (Fsp3) is 0.333. The van der Waals surface area contributed by atoms with Crippen molar-refractivity contribution in [1.82, 2.24) is 5.32 Å². The maximum Gasteiger partial charge on any atom is 0.329 e. The monoisotopic (exact) mass is 305 g/mol. The molecular weight excluding hydrogens is 293 g/mol. The zero-order valence-electron chi connectivity index (χ0n) is 10.2. The van der Waals surface area contributed by atoms with Crippen LogP contribution >= 0.6 is 23.2 Å². The SMILES string of the molecule is COC(=O)[C@H](CCl)NC(=O)COc1ccc(Cl)cc1. The first-order valence-corrected chi connectivity index (χ1v) is 6.29. The number of methoxy groups -OCH3 is 1. The highest BCUT2D eigenvalue weighted by atomic mass is 35.5. The van der Waals surface area contributed by atoms with E-state index >= 15 is 0 Å².